The summed E-state index contributed by atoms with van der Waals surface area (Å²) < 4.78 is 39.0. The predicted molar refractivity (Wildman–Crippen MR) is 77.6 cm³/mol. The van der Waals surface area contributed by atoms with Crippen LogP contribution >= 0.6 is 0 Å². The zero-order chi connectivity index (χ0) is 17.2. The molecule has 23 heavy (non-hydrogen) atoms. The van der Waals surface area contributed by atoms with Gasteiger partial charge in [0, 0.05) is 19.5 Å². The van der Waals surface area contributed by atoms with Crippen molar-refractivity contribution in [2.24, 2.45) is 0 Å². The van der Waals surface area contributed by atoms with Gasteiger partial charge in [-0.1, -0.05) is 6.07 Å². The van der Waals surface area contributed by atoms with Crippen LogP contribution in [0.25, 0.3) is 0 Å². The minimum atomic E-state index is -4.42. The van der Waals surface area contributed by atoms with Crippen molar-refractivity contribution in [1.82, 2.24) is 9.88 Å². The van der Waals surface area contributed by atoms with Crippen molar-refractivity contribution in [3.8, 4) is 6.07 Å². The van der Waals surface area contributed by atoms with Crippen LogP contribution in [0, 0.1) is 18.3 Å². The lowest BCUT2D eigenvalue weighted by molar-refractivity contribution is -0.195. The molecule has 1 aliphatic heterocycles. The molecule has 1 aliphatic rings. The van der Waals surface area contributed by atoms with Gasteiger partial charge in [-0.25, -0.2) is 4.98 Å². The van der Waals surface area contributed by atoms with Gasteiger partial charge in [0.15, 0.2) is 0 Å². The number of piperidine rings is 1. The standard InChI is InChI=1S/C15H17F3N4O/c1-9-3-6-14(21-12(9)7-19)20-11-4-5-13(15(16,17)18)22(8-11)10(2)23/h3,6,11,13H,4-5,8H2,1-2H3,(H,20,21)/t11-,13+/m1/s1. The predicted octanol–water partition coefficient (Wildman–Crippen LogP) is 2.62. The van der Waals surface area contributed by atoms with Crippen LogP contribution in [0.15, 0.2) is 12.1 Å². The number of hydrogen-bond donors (Lipinski definition) is 1. The van der Waals surface area contributed by atoms with Gasteiger partial charge in [0.05, 0.1) is 0 Å². The molecule has 0 spiro atoms. The summed E-state index contributed by atoms with van der Waals surface area (Å²) in [5.74, 6) is -0.181. The maximum Gasteiger partial charge on any atom is 0.408 e. The lowest BCUT2D eigenvalue weighted by atomic mass is 9.97. The number of carbonyl (C=O) groups excluding carboxylic acids is 1. The number of alkyl halides is 3. The van der Waals surface area contributed by atoms with E-state index in [4.69, 9.17) is 5.26 Å². The van der Waals surface area contributed by atoms with E-state index in [-0.39, 0.29) is 31.1 Å². The van der Waals surface area contributed by atoms with Gasteiger partial charge in [-0.2, -0.15) is 18.4 Å². The molecule has 1 aromatic rings. The number of amides is 1. The molecule has 124 valence electrons. The molecule has 1 N–H and O–H groups in total. The summed E-state index contributed by atoms with van der Waals surface area (Å²) in [4.78, 5) is 16.5. The number of nitriles is 1. The zero-order valence-electron chi connectivity index (χ0n) is 12.8. The molecule has 2 heterocycles. The van der Waals surface area contributed by atoms with Crippen molar-refractivity contribution < 1.29 is 18.0 Å². The monoisotopic (exact) mass is 326 g/mol. The average molecular weight is 326 g/mol. The maximum absolute atomic E-state index is 13.0. The Hall–Kier alpha value is -2.30. The van der Waals surface area contributed by atoms with E-state index in [1.807, 2.05) is 6.07 Å². The molecule has 2 rings (SSSR count). The van der Waals surface area contributed by atoms with Crippen LogP contribution in [0.4, 0.5) is 19.0 Å². The Balaban J connectivity index is 2.12. The largest absolute Gasteiger partial charge is 0.408 e. The van der Waals surface area contributed by atoms with Crippen LogP contribution in [-0.4, -0.2) is 40.6 Å². The molecule has 1 aromatic heterocycles. The van der Waals surface area contributed by atoms with Crippen LogP contribution < -0.4 is 5.32 Å². The Kier molecular flexibility index (Phi) is 4.78. The number of rotatable bonds is 2. The summed E-state index contributed by atoms with van der Waals surface area (Å²) in [6, 6.07) is 3.28. The smallest absolute Gasteiger partial charge is 0.366 e. The maximum atomic E-state index is 13.0. The summed E-state index contributed by atoms with van der Waals surface area (Å²) in [6.07, 6.45) is -4.31. The first-order valence-electron chi connectivity index (χ1n) is 7.20. The summed E-state index contributed by atoms with van der Waals surface area (Å²) in [6.45, 7) is 2.84. The number of aromatic nitrogens is 1. The highest BCUT2D eigenvalue weighted by molar-refractivity contribution is 5.74. The minimum Gasteiger partial charge on any atom is -0.366 e. The Bertz CT molecular complexity index is 639. The molecule has 1 fully saturated rings. The zero-order valence-corrected chi connectivity index (χ0v) is 12.8. The molecule has 0 radical (unpaired) electrons. The highest BCUT2D eigenvalue weighted by atomic mass is 19.4. The number of pyridine rings is 1. The van der Waals surface area contributed by atoms with Crippen LogP contribution in [-0.2, 0) is 4.79 Å². The summed E-state index contributed by atoms with van der Waals surface area (Å²) in [7, 11) is 0. The highest BCUT2D eigenvalue weighted by Crippen LogP contribution is 2.32. The average Bonchev–Trinajstić information content (AvgIpc) is 2.48. The van der Waals surface area contributed by atoms with Gasteiger partial charge < -0.3 is 10.2 Å². The fourth-order valence-electron chi connectivity index (χ4n) is 2.71. The third kappa shape index (κ3) is 3.92. The molecule has 0 aromatic carbocycles. The van der Waals surface area contributed by atoms with Crippen LogP contribution in [0.2, 0.25) is 0 Å². The number of nitrogens with zero attached hydrogens (tertiary/aromatic N) is 3. The number of hydrogen-bond acceptors (Lipinski definition) is 4. The van der Waals surface area contributed by atoms with E-state index in [0.717, 1.165) is 17.4 Å². The molecule has 1 saturated heterocycles. The molecule has 0 saturated carbocycles. The van der Waals surface area contributed by atoms with Crippen LogP contribution in [0.1, 0.15) is 31.0 Å². The Morgan fingerprint density at radius 1 is 1.43 bits per heavy atom. The van der Waals surface area contributed by atoms with E-state index in [1.165, 1.54) is 0 Å². The van der Waals surface area contributed by atoms with E-state index in [1.54, 1.807) is 19.1 Å². The second-order valence-electron chi connectivity index (χ2n) is 5.62. The van der Waals surface area contributed by atoms with E-state index >= 15 is 0 Å². The Morgan fingerprint density at radius 2 is 2.13 bits per heavy atom. The first-order chi connectivity index (χ1) is 10.7. The first kappa shape index (κ1) is 17.1. The lowest BCUT2D eigenvalue weighted by Crippen LogP contribution is -2.55. The SMILES string of the molecule is CC(=O)N1C[C@H](Nc2ccc(C)c(C#N)n2)CC[C@H]1C(F)(F)F. The lowest BCUT2D eigenvalue weighted by Gasteiger charge is -2.40. The molecule has 2 atom stereocenters. The van der Waals surface area contributed by atoms with E-state index in [9.17, 15) is 18.0 Å². The molecule has 1 amide bonds. The first-order valence-corrected chi connectivity index (χ1v) is 7.20. The number of anilines is 1. The normalized spacial score (nSPS) is 21.7. The van der Waals surface area contributed by atoms with Crippen LogP contribution in [0.3, 0.4) is 0 Å². The van der Waals surface area contributed by atoms with Gasteiger partial charge in [-0.15, -0.1) is 0 Å². The molecule has 0 unspecified atom stereocenters. The minimum absolute atomic E-state index is 0.0447. The third-order valence-corrected chi connectivity index (χ3v) is 3.92. The van der Waals surface area contributed by atoms with Crippen molar-refractivity contribution in [2.75, 3.05) is 11.9 Å². The molecule has 0 bridgehead atoms. The molecular weight excluding hydrogens is 309 g/mol. The Labute approximate surface area is 132 Å². The number of carbonyl (C=O) groups is 1. The quantitative estimate of drug-likeness (QED) is 0.907. The van der Waals surface area contributed by atoms with Gasteiger partial charge in [0.25, 0.3) is 0 Å². The van der Waals surface area contributed by atoms with Gasteiger partial charge in [0.2, 0.25) is 5.91 Å². The van der Waals surface area contributed by atoms with Gasteiger partial charge in [0.1, 0.15) is 23.6 Å². The van der Waals surface area contributed by atoms with Crippen molar-refractivity contribution in [3.05, 3.63) is 23.4 Å². The Morgan fingerprint density at radius 3 is 2.70 bits per heavy atom. The molecule has 5 nitrogen and oxygen atoms in total. The topological polar surface area (TPSA) is 69.0 Å². The van der Waals surface area contributed by atoms with Gasteiger partial charge in [-0.05, 0) is 31.4 Å². The highest BCUT2D eigenvalue weighted by Gasteiger charge is 2.47. The third-order valence-electron chi connectivity index (χ3n) is 3.92. The summed E-state index contributed by atoms with van der Waals surface area (Å²) >= 11 is 0. The summed E-state index contributed by atoms with van der Waals surface area (Å²) in [5.41, 5.74) is 0.992. The van der Waals surface area contributed by atoms with Crippen LogP contribution in [0.5, 0.6) is 0 Å². The number of nitrogens with one attached hydrogen (secondary N) is 1. The molecule has 8 heteroatoms. The van der Waals surface area contributed by atoms with E-state index in [0.29, 0.717) is 5.82 Å². The fourth-order valence-corrected chi connectivity index (χ4v) is 2.71. The van der Waals surface area contributed by atoms with E-state index < -0.39 is 18.1 Å². The number of aryl methyl sites for hydroxylation is 1. The second-order valence-corrected chi connectivity index (χ2v) is 5.62. The number of halogens is 3. The van der Waals surface area contributed by atoms with Crippen molar-refractivity contribution in [1.29, 1.82) is 5.26 Å². The van der Waals surface area contributed by atoms with E-state index in [2.05, 4.69) is 10.3 Å². The number of likely N-dealkylation sites (tertiary alicyclic amines) is 1. The van der Waals surface area contributed by atoms with Crippen molar-refractivity contribution in [2.45, 2.75) is 44.9 Å². The van der Waals surface area contributed by atoms with Gasteiger partial charge >= 0.3 is 6.18 Å². The summed E-state index contributed by atoms with van der Waals surface area (Å²) in [5, 5.41) is 12.0. The fraction of sp³-hybridized carbons (Fsp3) is 0.533. The van der Waals surface area contributed by atoms with Crippen molar-refractivity contribution in [3.63, 3.8) is 0 Å². The molecule has 0 aliphatic carbocycles. The second kappa shape index (κ2) is 6.44. The molecular formula is C15H17F3N4O. The van der Waals surface area contributed by atoms with Gasteiger partial charge in [-0.3, -0.25) is 4.79 Å². The van der Waals surface area contributed by atoms with Crippen molar-refractivity contribution >= 4 is 11.7 Å².